The number of hydrogen-bond donors (Lipinski definition) is 2. The predicted molar refractivity (Wildman–Crippen MR) is 97.6 cm³/mol. The minimum absolute atomic E-state index is 0.0790. The minimum Gasteiger partial charge on any atom is -0.508 e. The average Bonchev–Trinajstić information content (AvgIpc) is 2.95. The molecule has 0 saturated carbocycles. The highest BCUT2D eigenvalue weighted by Gasteiger charge is 2.29. The van der Waals surface area contributed by atoms with Crippen LogP contribution in [0.5, 0.6) is 5.75 Å². The summed E-state index contributed by atoms with van der Waals surface area (Å²) in [6, 6.07) is 12.2. The van der Waals surface area contributed by atoms with Crippen molar-refractivity contribution >= 4 is 26.4 Å². The third-order valence-corrected chi connectivity index (χ3v) is 6.38. The quantitative estimate of drug-likeness (QED) is 0.740. The second-order valence-corrected chi connectivity index (χ2v) is 8.26. The number of nitrogens with zero attached hydrogens (tertiary/aromatic N) is 2. The number of phenolic OH excluding ortho intramolecular Hbond substituents is 1. The zero-order valence-electron chi connectivity index (χ0n) is 13.7. The fourth-order valence-corrected chi connectivity index (χ4v) is 4.84. The Balaban J connectivity index is 1.85. The lowest BCUT2D eigenvalue weighted by Gasteiger charge is -2.14. The number of fused-ring (bicyclic) bond motifs is 3. The summed E-state index contributed by atoms with van der Waals surface area (Å²) in [7, 11) is -3.27. The van der Waals surface area contributed by atoms with Gasteiger partial charge in [0.15, 0.2) is 9.84 Å². The van der Waals surface area contributed by atoms with Gasteiger partial charge < -0.3 is 10.4 Å². The van der Waals surface area contributed by atoms with E-state index < -0.39 is 9.84 Å². The zero-order chi connectivity index (χ0) is 18.3. The standard InChI is InChI=1S/C19H15N3O3S/c20-9-13-11-21-16-5-6-17-15(7-8-26(17,24)25)18(16)19(13)22-10-12-1-3-14(23)4-2-12/h1-6,11,23H,7-8,10H2,(H,21,22). The van der Waals surface area contributed by atoms with Crippen molar-refractivity contribution in [3.63, 3.8) is 0 Å². The molecule has 7 heteroatoms. The SMILES string of the molecule is N#Cc1cnc2ccc3c(c2c1NCc1ccc(O)cc1)CCS3(=O)=O. The van der Waals surface area contributed by atoms with Gasteiger partial charge in [0.25, 0.3) is 0 Å². The third-order valence-electron chi connectivity index (χ3n) is 4.58. The minimum atomic E-state index is -3.27. The summed E-state index contributed by atoms with van der Waals surface area (Å²) in [4.78, 5) is 4.64. The van der Waals surface area contributed by atoms with Gasteiger partial charge in [-0.15, -0.1) is 0 Å². The number of anilines is 1. The molecule has 1 aliphatic heterocycles. The smallest absolute Gasteiger partial charge is 0.179 e. The summed E-state index contributed by atoms with van der Waals surface area (Å²) in [5.41, 5.74) is 3.28. The van der Waals surface area contributed by atoms with E-state index in [0.29, 0.717) is 40.0 Å². The van der Waals surface area contributed by atoms with Gasteiger partial charge in [0, 0.05) is 18.1 Å². The predicted octanol–water partition coefficient (Wildman–Crippen LogP) is 2.75. The maximum Gasteiger partial charge on any atom is 0.179 e. The van der Waals surface area contributed by atoms with Gasteiger partial charge in [-0.25, -0.2) is 8.42 Å². The van der Waals surface area contributed by atoms with E-state index in [1.807, 2.05) is 0 Å². The van der Waals surface area contributed by atoms with Crippen LogP contribution in [0.15, 0.2) is 47.5 Å². The van der Waals surface area contributed by atoms with E-state index in [2.05, 4.69) is 16.4 Å². The van der Waals surface area contributed by atoms with Gasteiger partial charge in [0.2, 0.25) is 0 Å². The molecule has 0 spiro atoms. The van der Waals surface area contributed by atoms with Crippen LogP contribution in [-0.2, 0) is 22.8 Å². The van der Waals surface area contributed by atoms with E-state index in [1.54, 1.807) is 36.4 Å². The molecule has 0 bridgehead atoms. The number of aromatic hydroxyl groups is 1. The van der Waals surface area contributed by atoms with Gasteiger partial charge in [-0.2, -0.15) is 5.26 Å². The van der Waals surface area contributed by atoms with Crippen LogP contribution in [0, 0.1) is 11.3 Å². The molecule has 26 heavy (non-hydrogen) atoms. The molecule has 2 N–H and O–H groups in total. The highest BCUT2D eigenvalue weighted by molar-refractivity contribution is 7.91. The third kappa shape index (κ3) is 2.65. The highest BCUT2D eigenvalue weighted by atomic mass is 32.2. The highest BCUT2D eigenvalue weighted by Crippen LogP contribution is 2.37. The van der Waals surface area contributed by atoms with Crippen LogP contribution in [0.3, 0.4) is 0 Å². The van der Waals surface area contributed by atoms with Crippen molar-refractivity contribution in [1.82, 2.24) is 4.98 Å². The van der Waals surface area contributed by atoms with Gasteiger partial charge in [0.05, 0.1) is 27.4 Å². The first-order chi connectivity index (χ1) is 12.5. The van der Waals surface area contributed by atoms with Crippen LogP contribution in [-0.4, -0.2) is 24.3 Å². The van der Waals surface area contributed by atoms with Crippen molar-refractivity contribution in [2.75, 3.05) is 11.1 Å². The summed E-state index contributed by atoms with van der Waals surface area (Å²) in [6.45, 7) is 0.435. The van der Waals surface area contributed by atoms with Crippen LogP contribution in [0.2, 0.25) is 0 Å². The number of nitrogens with one attached hydrogen (secondary N) is 1. The number of phenols is 1. The number of rotatable bonds is 3. The van der Waals surface area contributed by atoms with Gasteiger partial charge >= 0.3 is 0 Å². The maximum absolute atomic E-state index is 12.2. The molecule has 2 aromatic carbocycles. The zero-order valence-corrected chi connectivity index (χ0v) is 14.5. The first-order valence-electron chi connectivity index (χ1n) is 8.09. The van der Waals surface area contributed by atoms with E-state index in [4.69, 9.17) is 0 Å². The molecule has 6 nitrogen and oxygen atoms in total. The van der Waals surface area contributed by atoms with Crippen molar-refractivity contribution in [3.05, 3.63) is 59.3 Å². The summed E-state index contributed by atoms with van der Waals surface area (Å²) < 4.78 is 24.5. The Bertz CT molecular complexity index is 1160. The fraction of sp³-hybridized carbons (Fsp3) is 0.158. The van der Waals surface area contributed by atoms with Crippen LogP contribution in [0.1, 0.15) is 16.7 Å². The van der Waals surface area contributed by atoms with E-state index >= 15 is 0 Å². The molecule has 0 atom stereocenters. The second kappa shape index (κ2) is 6.00. The Morgan fingerprint density at radius 3 is 2.69 bits per heavy atom. The van der Waals surface area contributed by atoms with E-state index in [0.717, 1.165) is 11.1 Å². The number of aryl methyl sites for hydroxylation is 1. The Morgan fingerprint density at radius 2 is 1.96 bits per heavy atom. The molecule has 1 aliphatic rings. The van der Waals surface area contributed by atoms with Gasteiger partial charge in [0.1, 0.15) is 11.8 Å². The van der Waals surface area contributed by atoms with Crippen molar-refractivity contribution in [1.29, 1.82) is 5.26 Å². The van der Waals surface area contributed by atoms with Crippen LogP contribution in [0.25, 0.3) is 10.9 Å². The van der Waals surface area contributed by atoms with Gasteiger partial charge in [-0.1, -0.05) is 12.1 Å². The maximum atomic E-state index is 12.2. The topological polar surface area (TPSA) is 103 Å². The van der Waals surface area contributed by atoms with E-state index in [-0.39, 0.29) is 11.5 Å². The number of aromatic nitrogens is 1. The number of benzene rings is 2. The molecule has 0 aliphatic carbocycles. The van der Waals surface area contributed by atoms with Crippen LogP contribution >= 0.6 is 0 Å². The molecule has 0 unspecified atom stereocenters. The van der Waals surface area contributed by atoms with Crippen molar-refractivity contribution < 1.29 is 13.5 Å². The largest absolute Gasteiger partial charge is 0.508 e. The number of pyridine rings is 1. The lowest BCUT2D eigenvalue weighted by atomic mass is 10.0. The number of sulfone groups is 1. The van der Waals surface area contributed by atoms with Gasteiger partial charge in [-0.05, 0) is 41.8 Å². The van der Waals surface area contributed by atoms with Crippen molar-refractivity contribution in [2.24, 2.45) is 0 Å². The monoisotopic (exact) mass is 365 g/mol. The summed E-state index contributed by atoms with van der Waals surface area (Å²) in [5, 5.41) is 22.8. The molecule has 0 saturated heterocycles. The molecule has 0 fully saturated rings. The van der Waals surface area contributed by atoms with Crippen molar-refractivity contribution in [2.45, 2.75) is 17.9 Å². The Kier molecular flexibility index (Phi) is 3.78. The summed E-state index contributed by atoms with van der Waals surface area (Å²) in [6.07, 6.45) is 1.91. The first kappa shape index (κ1) is 16.4. The molecule has 0 amide bonds. The number of hydrogen-bond acceptors (Lipinski definition) is 6. The van der Waals surface area contributed by atoms with Crippen LogP contribution < -0.4 is 5.32 Å². The number of nitriles is 1. The molecule has 0 radical (unpaired) electrons. The summed E-state index contributed by atoms with van der Waals surface area (Å²) >= 11 is 0. The molecular formula is C19H15N3O3S. The fourth-order valence-electron chi connectivity index (χ4n) is 3.29. The molecule has 1 aromatic heterocycles. The molecule has 4 rings (SSSR count). The Morgan fingerprint density at radius 1 is 1.19 bits per heavy atom. The average molecular weight is 365 g/mol. The second-order valence-electron chi connectivity index (χ2n) is 6.18. The van der Waals surface area contributed by atoms with Gasteiger partial charge in [-0.3, -0.25) is 4.98 Å². The molecular weight excluding hydrogens is 350 g/mol. The Hall–Kier alpha value is -3.11. The summed E-state index contributed by atoms with van der Waals surface area (Å²) in [5.74, 6) is 0.263. The lowest BCUT2D eigenvalue weighted by molar-refractivity contribution is 0.475. The molecule has 2 heterocycles. The van der Waals surface area contributed by atoms with Crippen molar-refractivity contribution in [3.8, 4) is 11.8 Å². The Labute approximate surface area is 150 Å². The molecule has 130 valence electrons. The van der Waals surface area contributed by atoms with E-state index in [1.165, 1.54) is 6.20 Å². The normalized spacial score (nSPS) is 14.7. The first-order valence-corrected chi connectivity index (χ1v) is 9.74. The molecule has 3 aromatic rings. The lowest BCUT2D eigenvalue weighted by Crippen LogP contribution is -2.04. The van der Waals surface area contributed by atoms with E-state index in [9.17, 15) is 18.8 Å². The van der Waals surface area contributed by atoms with Crippen LogP contribution in [0.4, 0.5) is 5.69 Å².